The molecule has 2 aromatic heterocycles. The zero-order valence-corrected chi connectivity index (χ0v) is 10.5. The van der Waals surface area contributed by atoms with Gasteiger partial charge >= 0.3 is 0 Å². The normalized spacial score (nSPS) is 22.1. The van der Waals surface area contributed by atoms with Crippen molar-refractivity contribution in [1.82, 2.24) is 14.5 Å². The zero-order chi connectivity index (χ0) is 12.3. The summed E-state index contributed by atoms with van der Waals surface area (Å²) in [7, 11) is 8.43. The molecule has 0 bridgehead atoms. The van der Waals surface area contributed by atoms with Crippen molar-refractivity contribution in [1.29, 1.82) is 0 Å². The smallest absolute Gasteiger partial charge is 0.0251 e. The van der Waals surface area contributed by atoms with Crippen molar-refractivity contribution in [2.24, 2.45) is 0 Å². The number of hydrogen-bond acceptors (Lipinski definition) is 2. The van der Waals surface area contributed by atoms with Crippen molar-refractivity contribution in [3.05, 3.63) is 43.8 Å². The van der Waals surface area contributed by atoms with Crippen molar-refractivity contribution in [2.45, 2.75) is 37.8 Å². The Labute approximate surface area is 107 Å². The van der Waals surface area contributed by atoms with E-state index in [-0.39, 0.29) is 0 Å². The number of aromatic nitrogens is 2. The van der Waals surface area contributed by atoms with Crippen LogP contribution in [0.15, 0.2) is 18.5 Å². The molecule has 0 aromatic carbocycles. The van der Waals surface area contributed by atoms with Crippen LogP contribution >= 0.6 is 0 Å². The minimum Gasteiger partial charge on any atom is -0.482 e. The van der Waals surface area contributed by atoms with E-state index < -0.39 is 0 Å². The summed E-state index contributed by atoms with van der Waals surface area (Å²) in [6.07, 6.45) is 8.82. The van der Waals surface area contributed by atoms with Gasteiger partial charge in [-0.15, -0.1) is 7.05 Å². The van der Waals surface area contributed by atoms with Gasteiger partial charge in [-0.2, -0.15) is 0 Å². The molecule has 3 nitrogen and oxygen atoms in total. The molecule has 1 saturated carbocycles. The predicted octanol–water partition coefficient (Wildman–Crippen LogP) is 2.75. The van der Waals surface area contributed by atoms with Crippen LogP contribution in [0.1, 0.15) is 30.5 Å². The van der Waals surface area contributed by atoms with E-state index in [4.69, 9.17) is 0 Å². The molecule has 94 valence electrons. The van der Waals surface area contributed by atoms with Gasteiger partial charge in [-0.3, -0.25) is 12.0 Å². The molecule has 0 radical (unpaired) electrons. The van der Waals surface area contributed by atoms with Gasteiger partial charge in [0.15, 0.2) is 0 Å². The summed E-state index contributed by atoms with van der Waals surface area (Å²) in [5.41, 5.74) is 4.25. The maximum Gasteiger partial charge on any atom is 0.0251 e. The lowest BCUT2D eigenvalue weighted by atomic mass is 9.69. The molecular weight excluding hydrogens is 222 g/mol. The topological polar surface area (TPSA) is 21.1 Å². The molecule has 2 aliphatic rings. The molecule has 0 amide bonds. The molecule has 1 spiro atoms. The number of pyridine rings is 1. The molecule has 0 unspecified atom stereocenters. The van der Waals surface area contributed by atoms with Gasteiger partial charge in [-0.05, 0) is 55.5 Å². The SMILES string of the molecule is [CH2-]N1Cc2c(c3ccncc3n2[CH2-])CC12CCC2. The summed E-state index contributed by atoms with van der Waals surface area (Å²) < 4.78 is 2.04. The van der Waals surface area contributed by atoms with Crippen LogP contribution < -0.4 is 0 Å². The maximum absolute atomic E-state index is 4.26. The molecule has 4 rings (SSSR count). The van der Waals surface area contributed by atoms with Gasteiger partial charge in [0.2, 0.25) is 0 Å². The Bertz CT molecular complexity index is 622. The first-order chi connectivity index (χ1) is 8.71. The highest BCUT2D eigenvalue weighted by Crippen LogP contribution is 2.46. The Hall–Kier alpha value is -1.48. The van der Waals surface area contributed by atoms with Crippen LogP contribution in [0.5, 0.6) is 0 Å². The predicted molar refractivity (Wildman–Crippen MR) is 71.7 cm³/mol. The molecule has 3 heteroatoms. The van der Waals surface area contributed by atoms with Gasteiger partial charge < -0.3 is 9.47 Å². The molecule has 0 saturated heterocycles. The number of rotatable bonds is 0. The number of nitrogens with zero attached hydrogens (tertiary/aromatic N) is 3. The molecule has 18 heavy (non-hydrogen) atoms. The van der Waals surface area contributed by atoms with Crippen LogP contribution in [0, 0.1) is 14.1 Å². The van der Waals surface area contributed by atoms with Crippen molar-refractivity contribution in [3.63, 3.8) is 0 Å². The highest BCUT2D eigenvalue weighted by atomic mass is 15.2. The first kappa shape index (κ1) is 10.4. The summed E-state index contributed by atoms with van der Waals surface area (Å²) in [4.78, 5) is 6.50. The van der Waals surface area contributed by atoms with E-state index in [2.05, 4.69) is 30.0 Å². The monoisotopic (exact) mass is 239 g/mol. The van der Waals surface area contributed by atoms with Gasteiger partial charge in [0.05, 0.1) is 0 Å². The lowest BCUT2D eigenvalue weighted by molar-refractivity contribution is 0.0360. The first-order valence-corrected chi connectivity index (χ1v) is 6.56. The van der Waals surface area contributed by atoms with Crippen LogP contribution in [-0.4, -0.2) is 20.0 Å². The Morgan fingerprint density at radius 1 is 1.28 bits per heavy atom. The van der Waals surface area contributed by atoms with E-state index in [1.807, 2.05) is 17.0 Å². The fourth-order valence-corrected chi connectivity index (χ4v) is 3.57. The Morgan fingerprint density at radius 2 is 2.11 bits per heavy atom. The van der Waals surface area contributed by atoms with Gasteiger partial charge in [0.1, 0.15) is 0 Å². The van der Waals surface area contributed by atoms with Crippen molar-refractivity contribution >= 4 is 10.9 Å². The average molecular weight is 239 g/mol. The van der Waals surface area contributed by atoms with Crippen LogP contribution in [-0.2, 0) is 13.0 Å². The molecule has 0 atom stereocenters. The van der Waals surface area contributed by atoms with Gasteiger partial charge in [0.25, 0.3) is 0 Å². The fraction of sp³-hybridized carbons (Fsp3) is 0.400. The fourth-order valence-electron chi connectivity index (χ4n) is 3.57. The van der Waals surface area contributed by atoms with Crippen molar-refractivity contribution < 1.29 is 0 Å². The Balaban J connectivity index is 1.94. The summed E-state index contributed by atoms with van der Waals surface area (Å²) in [5.74, 6) is 0. The maximum atomic E-state index is 4.26. The highest BCUT2D eigenvalue weighted by Gasteiger charge is 2.40. The van der Waals surface area contributed by atoms with Gasteiger partial charge in [0, 0.05) is 6.20 Å². The quantitative estimate of drug-likeness (QED) is 0.659. The standard InChI is InChI=1S/C15H17N3/c1-17-10-14-12(8-15(17)5-3-6-15)11-4-7-16-9-13(11)18(14)2/h4,7,9H,1-3,5-6,8,10H2/q-2. The molecule has 1 aliphatic heterocycles. The number of fused-ring (bicyclic) bond motifs is 3. The highest BCUT2D eigenvalue weighted by molar-refractivity contribution is 5.85. The molecule has 1 fully saturated rings. The van der Waals surface area contributed by atoms with Crippen molar-refractivity contribution in [3.8, 4) is 0 Å². The Morgan fingerprint density at radius 3 is 2.83 bits per heavy atom. The van der Waals surface area contributed by atoms with E-state index in [9.17, 15) is 0 Å². The third-order valence-electron chi connectivity index (χ3n) is 4.89. The van der Waals surface area contributed by atoms with Crippen LogP contribution in [0.3, 0.4) is 0 Å². The minimum atomic E-state index is 0.324. The second-order valence-electron chi connectivity index (χ2n) is 5.70. The van der Waals surface area contributed by atoms with Crippen LogP contribution in [0.4, 0.5) is 0 Å². The van der Waals surface area contributed by atoms with E-state index in [0.29, 0.717) is 5.54 Å². The summed E-state index contributed by atoms with van der Waals surface area (Å²) in [6, 6.07) is 2.13. The average Bonchev–Trinajstić information content (AvgIpc) is 2.61. The lowest BCUT2D eigenvalue weighted by Gasteiger charge is -2.58. The zero-order valence-electron chi connectivity index (χ0n) is 10.5. The third-order valence-corrected chi connectivity index (χ3v) is 4.89. The van der Waals surface area contributed by atoms with Gasteiger partial charge in [-0.25, -0.2) is 0 Å². The molecule has 2 aromatic rings. The second kappa shape index (κ2) is 3.29. The minimum absolute atomic E-state index is 0.324. The molecule has 3 heterocycles. The third kappa shape index (κ3) is 1.13. The Kier molecular flexibility index (Phi) is 1.91. The van der Waals surface area contributed by atoms with E-state index in [1.165, 1.54) is 35.9 Å². The molecular formula is C15H17N3-2. The van der Waals surface area contributed by atoms with Crippen LogP contribution in [0.2, 0.25) is 0 Å². The lowest BCUT2D eigenvalue weighted by Crippen LogP contribution is -2.54. The molecule has 1 aliphatic carbocycles. The second-order valence-corrected chi connectivity index (χ2v) is 5.70. The van der Waals surface area contributed by atoms with Crippen molar-refractivity contribution in [2.75, 3.05) is 0 Å². The van der Waals surface area contributed by atoms with Gasteiger partial charge in [-0.1, -0.05) is 16.6 Å². The van der Waals surface area contributed by atoms with E-state index in [0.717, 1.165) is 18.5 Å². The number of hydrogen-bond donors (Lipinski definition) is 0. The van der Waals surface area contributed by atoms with E-state index in [1.54, 1.807) is 0 Å². The van der Waals surface area contributed by atoms with E-state index >= 15 is 0 Å². The summed E-state index contributed by atoms with van der Waals surface area (Å²) in [6.45, 7) is 0.910. The largest absolute Gasteiger partial charge is 0.482 e. The summed E-state index contributed by atoms with van der Waals surface area (Å²) >= 11 is 0. The molecule has 0 N–H and O–H groups in total. The first-order valence-electron chi connectivity index (χ1n) is 6.56. The summed E-state index contributed by atoms with van der Waals surface area (Å²) in [5, 5.41) is 1.33. The van der Waals surface area contributed by atoms with Crippen LogP contribution in [0.25, 0.3) is 10.9 Å².